The number of rotatable bonds is 3. The molecule has 0 saturated heterocycles. The Morgan fingerprint density at radius 2 is 1.70 bits per heavy atom. The van der Waals surface area contributed by atoms with Crippen molar-refractivity contribution in [1.29, 1.82) is 0 Å². The molecule has 0 fully saturated rings. The molecule has 1 aromatic carbocycles. The largest absolute Gasteiger partial charge is 0.479 e. The van der Waals surface area contributed by atoms with E-state index in [4.69, 9.17) is 10.5 Å². The lowest BCUT2D eigenvalue weighted by Crippen LogP contribution is -2.54. The summed E-state index contributed by atoms with van der Waals surface area (Å²) in [7, 11) is 0. The topological polar surface area (TPSA) is 89.6 Å². The van der Waals surface area contributed by atoms with E-state index in [1.807, 2.05) is 0 Å². The highest BCUT2D eigenvalue weighted by atomic mass is 19.4. The van der Waals surface area contributed by atoms with E-state index in [2.05, 4.69) is 0 Å². The molecule has 0 aliphatic carbocycles. The molecule has 1 unspecified atom stereocenters. The normalized spacial score (nSPS) is 15.0. The van der Waals surface area contributed by atoms with Gasteiger partial charge in [0.1, 0.15) is 11.4 Å². The molecule has 0 aliphatic heterocycles. The fourth-order valence-corrected chi connectivity index (χ4v) is 1.68. The fourth-order valence-electron chi connectivity index (χ4n) is 1.68. The number of carboxylic acids is 1. The van der Waals surface area contributed by atoms with Crippen LogP contribution in [0.2, 0.25) is 0 Å². The second kappa shape index (κ2) is 5.80. The zero-order chi connectivity index (χ0) is 18.2. The number of carbonyl (C=O) groups is 2. The molecule has 1 rings (SSSR count). The van der Waals surface area contributed by atoms with E-state index < -0.39 is 46.2 Å². The van der Waals surface area contributed by atoms with Crippen LogP contribution in [0.25, 0.3) is 0 Å². The van der Waals surface area contributed by atoms with Crippen molar-refractivity contribution in [1.82, 2.24) is 0 Å². The first-order chi connectivity index (χ1) is 10.2. The molecule has 1 atom stereocenters. The standard InChI is InChI=1S/C14H15F4NO4/c1-12(2,3)23-11(22)13(19,10(20)21)7-4-5-8(9(15)6-7)14(16,17)18/h4-6H,19H2,1-3H3,(H,20,21). The lowest BCUT2D eigenvalue weighted by atomic mass is 9.90. The summed E-state index contributed by atoms with van der Waals surface area (Å²) in [5, 5.41) is 9.20. The van der Waals surface area contributed by atoms with Crippen LogP contribution in [-0.2, 0) is 26.0 Å². The number of carbonyl (C=O) groups excluding carboxylic acids is 1. The summed E-state index contributed by atoms with van der Waals surface area (Å²) in [6, 6.07) is 1.21. The zero-order valence-electron chi connectivity index (χ0n) is 12.5. The second-order valence-electron chi connectivity index (χ2n) is 5.81. The third-order valence-corrected chi connectivity index (χ3v) is 2.79. The highest BCUT2D eigenvalue weighted by Crippen LogP contribution is 2.33. The zero-order valence-corrected chi connectivity index (χ0v) is 12.5. The van der Waals surface area contributed by atoms with Gasteiger partial charge in [-0.2, -0.15) is 13.2 Å². The molecule has 23 heavy (non-hydrogen) atoms. The Labute approximate surface area is 129 Å². The molecule has 0 amide bonds. The maximum atomic E-state index is 13.6. The first kappa shape index (κ1) is 18.9. The van der Waals surface area contributed by atoms with Crippen LogP contribution in [0, 0.1) is 5.82 Å². The summed E-state index contributed by atoms with van der Waals surface area (Å²) in [6.45, 7) is 4.33. The van der Waals surface area contributed by atoms with E-state index in [-0.39, 0.29) is 6.07 Å². The summed E-state index contributed by atoms with van der Waals surface area (Å²) in [5.74, 6) is -5.04. The van der Waals surface area contributed by atoms with E-state index in [0.717, 1.165) is 0 Å². The molecule has 5 nitrogen and oxygen atoms in total. The molecule has 3 N–H and O–H groups in total. The van der Waals surface area contributed by atoms with Gasteiger partial charge in [0.15, 0.2) is 0 Å². The lowest BCUT2D eigenvalue weighted by Gasteiger charge is -2.28. The van der Waals surface area contributed by atoms with Crippen LogP contribution in [0.4, 0.5) is 17.6 Å². The predicted molar refractivity (Wildman–Crippen MR) is 70.7 cm³/mol. The van der Waals surface area contributed by atoms with Gasteiger partial charge in [-0.3, -0.25) is 0 Å². The Hall–Kier alpha value is -2.16. The number of nitrogens with two attached hydrogens (primary N) is 1. The monoisotopic (exact) mass is 337 g/mol. The molecular formula is C14H15F4NO4. The van der Waals surface area contributed by atoms with Crippen LogP contribution in [0.1, 0.15) is 31.9 Å². The smallest absolute Gasteiger partial charge is 0.419 e. The minimum atomic E-state index is -4.96. The summed E-state index contributed by atoms with van der Waals surface area (Å²) in [5.41, 5.74) is -0.673. The first-order valence-electron chi connectivity index (χ1n) is 6.32. The highest BCUT2D eigenvalue weighted by Gasteiger charge is 2.48. The second-order valence-corrected chi connectivity index (χ2v) is 5.81. The maximum absolute atomic E-state index is 13.6. The summed E-state index contributed by atoms with van der Waals surface area (Å²) >= 11 is 0. The molecule has 128 valence electrons. The number of benzene rings is 1. The van der Waals surface area contributed by atoms with Gasteiger partial charge in [0.05, 0.1) is 5.56 Å². The van der Waals surface area contributed by atoms with E-state index in [1.54, 1.807) is 0 Å². The molecular weight excluding hydrogens is 322 g/mol. The molecule has 0 aromatic heterocycles. The van der Waals surface area contributed by atoms with E-state index in [0.29, 0.717) is 12.1 Å². The van der Waals surface area contributed by atoms with Crippen molar-refractivity contribution < 1.29 is 37.0 Å². The number of hydrogen-bond donors (Lipinski definition) is 2. The van der Waals surface area contributed by atoms with Gasteiger partial charge < -0.3 is 15.6 Å². The van der Waals surface area contributed by atoms with Gasteiger partial charge in [0.25, 0.3) is 0 Å². The molecule has 0 spiro atoms. The third-order valence-electron chi connectivity index (χ3n) is 2.79. The van der Waals surface area contributed by atoms with Gasteiger partial charge >= 0.3 is 18.1 Å². The minimum Gasteiger partial charge on any atom is -0.479 e. The number of halogens is 4. The number of ether oxygens (including phenoxy) is 1. The molecule has 9 heteroatoms. The summed E-state index contributed by atoms with van der Waals surface area (Å²) < 4.78 is 56.1. The Morgan fingerprint density at radius 3 is 2.04 bits per heavy atom. The van der Waals surface area contributed by atoms with Crippen molar-refractivity contribution in [3.05, 3.63) is 35.1 Å². The van der Waals surface area contributed by atoms with Crippen molar-refractivity contribution in [2.45, 2.75) is 38.1 Å². The van der Waals surface area contributed by atoms with Crippen LogP contribution >= 0.6 is 0 Å². The maximum Gasteiger partial charge on any atom is 0.419 e. The number of carboxylic acid groups (broad SMARTS) is 1. The number of alkyl halides is 3. The van der Waals surface area contributed by atoms with Crippen LogP contribution in [-0.4, -0.2) is 22.6 Å². The Kier molecular flexibility index (Phi) is 4.76. The van der Waals surface area contributed by atoms with Crippen LogP contribution < -0.4 is 5.73 Å². The Bertz CT molecular complexity index is 637. The van der Waals surface area contributed by atoms with Crippen LogP contribution in [0.3, 0.4) is 0 Å². The number of aliphatic carboxylic acids is 1. The molecule has 0 bridgehead atoms. The molecule has 0 heterocycles. The lowest BCUT2D eigenvalue weighted by molar-refractivity contribution is -0.169. The Balaban J connectivity index is 3.40. The summed E-state index contributed by atoms with van der Waals surface area (Å²) in [6.07, 6.45) is -4.96. The van der Waals surface area contributed by atoms with Gasteiger partial charge in [-0.25, -0.2) is 14.0 Å². The number of hydrogen-bond acceptors (Lipinski definition) is 4. The van der Waals surface area contributed by atoms with Gasteiger partial charge in [-0.05, 0) is 38.5 Å². The van der Waals surface area contributed by atoms with Crippen LogP contribution in [0.5, 0.6) is 0 Å². The van der Waals surface area contributed by atoms with Gasteiger partial charge in [-0.1, -0.05) is 6.07 Å². The average molecular weight is 337 g/mol. The van der Waals surface area contributed by atoms with Crippen LogP contribution in [0.15, 0.2) is 18.2 Å². The minimum absolute atomic E-state index is 0.265. The van der Waals surface area contributed by atoms with Gasteiger partial charge in [0.2, 0.25) is 5.54 Å². The number of esters is 1. The van der Waals surface area contributed by atoms with E-state index in [9.17, 15) is 32.3 Å². The van der Waals surface area contributed by atoms with Crippen molar-refractivity contribution in [2.24, 2.45) is 5.73 Å². The van der Waals surface area contributed by atoms with Gasteiger partial charge in [0, 0.05) is 0 Å². The SMILES string of the molecule is CC(C)(C)OC(=O)C(N)(C(=O)O)c1ccc(C(F)(F)F)c(F)c1. The van der Waals surface area contributed by atoms with Gasteiger partial charge in [-0.15, -0.1) is 0 Å². The summed E-state index contributed by atoms with van der Waals surface area (Å²) in [4.78, 5) is 23.4. The van der Waals surface area contributed by atoms with Crippen molar-refractivity contribution >= 4 is 11.9 Å². The molecule has 1 aromatic rings. The van der Waals surface area contributed by atoms with Crippen molar-refractivity contribution in [3.8, 4) is 0 Å². The third kappa shape index (κ3) is 3.98. The molecule has 0 saturated carbocycles. The van der Waals surface area contributed by atoms with Crippen molar-refractivity contribution in [3.63, 3.8) is 0 Å². The molecule has 0 radical (unpaired) electrons. The highest BCUT2D eigenvalue weighted by molar-refractivity contribution is 6.04. The predicted octanol–water partition coefficient (Wildman–Crippen LogP) is 2.42. The average Bonchev–Trinajstić information content (AvgIpc) is 2.33. The first-order valence-corrected chi connectivity index (χ1v) is 6.32. The van der Waals surface area contributed by atoms with E-state index in [1.165, 1.54) is 20.8 Å². The quantitative estimate of drug-likeness (QED) is 0.502. The Morgan fingerprint density at radius 1 is 1.17 bits per heavy atom. The molecule has 0 aliphatic rings. The van der Waals surface area contributed by atoms with E-state index >= 15 is 0 Å². The van der Waals surface area contributed by atoms with Crippen molar-refractivity contribution in [2.75, 3.05) is 0 Å². The fraction of sp³-hybridized carbons (Fsp3) is 0.429.